The second-order valence-corrected chi connectivity index (χ2v) is 12.1. The molecule has 0 spiro atoms. The number of aryl methyl sites for hydroxylation is 1. The number of fused-ring (bicyclic) bond motifs is 2. The Bertz CT molecular complexity index is 2110. The van der Waals surface area contributed by atoms with E-state index in [0.717, 1.165) is 32.8 Å². The molecule has 0 amide bonds. The van der Waals surface area contributed by atoms with Crippen molar-refractivity contribution in [1.29, 1.82) is 0 Å². The monoisotopic (exact) mass is 594 g/mol. The minimum absolute atomic E-state index is 0.0836. The molecule has 0 aliphatic rings. The van der Waals surface area contributed by atoms with Crippen LogP contribution in [0.1, 0.15) is 34.1 Å². The number of ether oxygens (including phenoxy) is 1. The summed E-state index contributed by atoms with van der Waals surface area (Å²) in [6.45, 7) is 1.71. The summed E-state index contributed by atoms with van der Waals surface area (Å²) in [5.74, 6) is 0.0146. The van der Waals surface area contributed by atoms with Gasteiger partial charge >= 0.3 is 5.63 Å². The fraction of sp³-hybridized carbons (Fsp3) is 0.147. The Hall–Kier alpha value is -4.86. The van der Waals surface area contributed by atoms with Gasteiger partial charge in [0.1, 0.15) is 17.3 Å². The maximum atomic E-state index is 13.3. The SMILES string of the molecule is COc1ccc(C(c2[nH]c3ccccc3c2CCNS(=O)(=O)c2ccc3ccccc3c2)c2c(O)cc(C)oc2=O)cc1. The molecular weight excluding hydrogens is 564 g/mol. The van der Waals surface area contributed by atoms with Crippen molar-refractivity contribution in [3.8, 4) is 11.5 Å². The van der Waals surface area contributed by atoms with E-state index in [9.17, 15) is 18.3 Å². The van der Waals surface area contributed by atoms with Crippen LogP contribution < -0.4 is 15.1 Å². The molecule has 0 bridgehead atoms. The first-order valence-electron chi connectivity index (χ1n) is 13.8. The highest BCUT2D eigenvalue weighted by Crippen LogP contribution is 2.39. The Morgan fingerprint density at radius 3 is 2.40 bits per heavy atom. The normalized spacial score (nSPS) is 12.5. The minimum Gasteiger partial charge on any atom is -0.507 e. The predicted octanol–water partition coefficient (Wildman–Crippen LogP) is 6.00. The molecule has 218 valence electrons. The van der Waals surface area contributed by atoms with Crippen molar-refractivity contribution in [1.82, 2.24) is 9.71 Å². The van der Waals surface area contributed by atoms with E-state index in [-0.39, 0.29) is 22.8 Å². The summed E-state index contributed by atoms with van der Waals surface area (Å²) in [4.78, 5) is 16.9. The number of nitrogens with one attached hydrogen (secondary N) is 2. The molecule has 4 aromatic carbocycles. The molecule has 0 fully saturated rings. The van der Waals surface area contributed by atoms with Crippen LogP contribution in [0.4, 0.5) is 0 Å². The predicted molar refractivity (Wildman–Crippen MR) is 166 cm³/mol. The lowest BCUT2D eigenvalue weighted by atomic mass is 9.86. The molecule has 2 heterocycles. The van der Waals surface area contributed by atoms with Gasteiger partial charge in [0, 0.05) is 29.2 Å². The fourth-order valence-corrected chi connectivity index (χ4v) is 6.68. The quantitative estimate of drug-likeness (QED) is 0.189. The maximum absolute atomic E-state index is 13.3. The number of aromatic nitrogens is 1. The molecule has 6 aromatic rings. The molecule has 0 saturated heterocycles. The van der Waals surface area contributed by atoms with Crippen LogP contribution >= 0.6 is 0 Å². The molecule has 0 saturated carbocycles. The van der Waals surface area contributed by atoms with Gasteiger partial charge in [0.25, 0.3) is 0 Å². The topological polar surface area (TPSA) is 122 Å². The van der Waals surface area contributed by atoms with Crippen LogP contribution in [0, 0.1) is 6.92 Å². The highest BCUT2D eigenvalue weighted by atomic mass is 32.2. The molecule has 2 aromatic heterocycles. The molecule has 3 N–H and O–H groups in total. The van der Waals surface area contributed by atoms with Crippen LogP contribution in [0.5, 0.6) is 11.5 Å². The van der Waals surface area contributed by atoms with Gasteiger partial charge in [-0.1, -0.05) is 60.7 Å². The molecular formula is C34H30N2O6S. The van der Waals surface area contributed by atoms with Gasteiger partial charge in [-0.25, -0.2) is 17.9 Å². The lowest BCUT2D eigenvalue weighted by molar-refractivity contribution is 0.414. The molecule has 0 aliphatic heterocycles. The molecule has 1 atom stereocenters. The van der Waals surface area contributed by atoms with Gasteiger partial charge in [-0.15, -0.1) is 0 Å². The first-order chi connectivity index (χ1) is 20.7. The van der Waals surface area contributed by atoms with Crippen LogP contribution in [-0.2, 0) is 16.4 Å². The van der Waals surface area contributed by atoms with Crippen LogP contribution in [-0.4, -0.2) is 32.2 Å². The second kappa shape index (κ2) is 11.4. The molecule has 0 aliphatic carbocycles. The van der Waals surface area contributed by atoms with E-state index in [0.29, 0.717) is 23.6 Å². The van der Waals surface area contributed by atoms with Crippen molar-refractivity contribution in [2.75, 3.05) is 13.7 Å². The Kier molecular flexibility index (Phi) is 7.52. The van der Waals surface area contributed by atoms with Crippen molar-refractivity contribution < 1.29 is 22.7 Å². The molecule has 1 unspecified atom stereocenters. The number of H-pyrrole nitrogens is 1. The maximum Gasteiger partial charge on any atom is 0.343 e. The molecule has 43 heavy (non-hydrogen) atoms. The van der Waals surface area contributed by atoms with Gasteiger partial charge in [0.2, 0.25) is 10.0 Å². The number of aromatic hydroxyl groups is 1. The first kappa shape index (κ1) is 28.3. The van der Waals surface area contributed by atoms with Gasteiger partial charge < -0.3 is 19.2 Å². The van der Waals surface area contributed by atoms with Crippen molar-refractivity contribution >= 4 is 31.7 Å². The number of hydrogen-bond donors (Lipinski definition) is 3. The lowest BCUT2D eigenvalue weighted by Gasteiger charge is -2.20. The zero-order valence-electron chi connectivity index (χ0n) is 23.6. The number of hydrogen-bond acceptors (Lipinski definition) is 6. The number of para-hydroxylation sites is 1. The Morgan fingerprint density at radius 1 is 0.930 bits per heavy atom. The summed E-state index contributed by atoms with van der Waals surface area (Å²) in [5, 5.41) is 13.7. The molecule has 9 heteroatoms. The summed E-state index contributed by atoms with van der Waals surface area (Å²) < 4.78 is 40.1. The van der Waals surface area contributed by atoms with E-state index < -0.39 is 21.6 Å². The van der Waals surface area contributed by atoms with Gasteiger partial charge in [-0.05, 0) is 65.6 Å². The summed E-state index contributed by atoms with van der Waals surface area (Å²) in [5.41, 5.74) is 2.44. The number of rotatable bonds is 9. The van der Waals surface area contributed by atoms with Crippen LogP contribution in [0.25, 0.3) is 21.7 Å². The third-order valence-corrected chi connectivity index (χ3v) is 9.12. The number of aromatic amines is 1. The Morgan fingerprint density at radius 2 is 1.65 bits per heavy atom. The highest BCUT2D eigenvalue weighted by molar-refractivity contribution is 7.89. The van der Waals surface area contributed by atoms with Gasteiger partial charge in [-0.3, -0.25) is 0 Å². The minimum atomic E-state index is -3.80. The van der Waals surface area contributed by atoms with Crippen LogP contribution in [0.3, 0.4) is 0 Å². The van der Waals surface area contributed by atoms with Gasteiger partial charge in [0.15, 0.2) is 0 Å². The van der Waals surface area contributed by atoms with Crippen LogP contribution in [0.15, 0.2) is 111 Å². The summed E-state index contributed by atoms with van der Waals surface area (Å²) in [6, 6.07) is 29.0. The van der Waals surface area contributed by atoms with E-state index in [1.807, 2.05) is 60.7 Å². The Labute approximate surface area is 248 Å². The standard InChI is InChI=1S/C34H30N2O6S/c1-21-19-30(37)32(34(38)42-21)31(23-11-14-25(41-2)15-12-23)33-28(27-9-5-6-10-29(27)36-33)17-18-35-43(39,40)26-16-13-22-7-3-4-8-24(22)20-26/h3-16,19-20,31,35-37H,17-18H2,1-2H3. The number of methoxy groups -OCH3 is 1. The van der Waals surface area contributed by atoms with Crippen molar-refractivity contribution in [3.05, 3.63) is 136 Å². The van der Waals surface area contributed by atoms with E-state index in [4.69, 9.17) is 9.15 Å². The average Bonchev–Trinajstić information content (AvgIpc) is 3.36. The highest BCUT2D eigenvalue weighted by Gasteiger charge is 2.29. The van der Waals surface area contributed by atoms with E-state index in [1.54, 1.807) is 44.4 Å². The summed E-state index contributed by atoms with van der Waals surface area (Å²) >= 11 is 0. The summed E-state index contributed by atoms with van der Waals surface area (Å²) in [7, 11) is -2.23. The molecule has 0 radical (unpaired) electrons. The third-order valence-electron chi connectivity index (χ3n) is 7.66. The third kappa shape index (κ3) is 5.52. The van der Waals surface area contributed by atoms with E-state index >= 15 is 0 Å². The van der Waals surface area contributed by atoms with E-state index in [1.165, 1.54) is 6.07 Å². The Balaban J connectivity index is 1.41. The van der Waals surface area contributed by atoms with Crippen molar-refractivity contribution in [2.24, 2.45) is 0 Å². The lowest BCUT2D eigenvalue weighted by Crippen LogP contribution is -2.26. The first-order valence-corrected chi connectivity index (χ1v) is 15.3. The van der Waals surface area contributed by atoms with Crippen molar-refractivity contribution in [2.45, 2.75) is 24.2 Å². The largest absolute Gasteiger partial charge is 0.507 e. The zero-order valence-corrected chi connectivity index (χ0v) is 24.4. The fourth-order valence-electron chi connectivity index (χ4n) is 5.61. The average molecular weight is 595 g/mol. The zero-order chi connectivity index (χ0) is 30.1. The molecule has 6 rings (SSSR count). The van der Waals surface area contributed by atoms with Gasteiger partial charge in [0.05, 0.1) is 23.5 Å². The van der Waals surface area contributed by atoms with Crippen LogP contribution in [0.2, 0.25) is 0 Å². The number of sulfonamides is 1. The molecule has 8 nitrogen and oxygen atoms in total. The van der Waals surface area contributed by atoms with E-state index in [2.05, 4.69) is 9.71 Å². The van der Waals surface area contributed by atoms with Crippen molar-refractivity contribution in [3.63, 3.8) is 0 Å². The number of benzene rings is 4. The summed E-state index contributed by atoms with van der Waals surface area (Å²) in [6.07, 6.45) is 0.316. The van der Waals surface area contributed by atoms with Gasteiger partial charge in [-0.2, -0.15) is 0 Å². The smallest absolute Gasteiger partial charge is 0.343 e. The second-order valence-electron chi connectivity index (χ2n) is 10.4.